The molecule has 1 aromatic carbocycles. The van der Waals surface area contributed by atoms with Gasteiger partial charge >= 0.3 is 0 Å². The van der Waals surface area contributed by atoms with E-state index in [1.165, 1.54) is 37.0 Å². The van der Waals surface area contributed by atoms with Crippen molar-refractivity contribution < 1.29 is 9.59 Å². The van der Waals surface area contributed by atoms with Crippen LogP contribution in [0.5, 0.6) is 0 Å². The Labute approximate surface area is 179 Å². The van der Waals surface area contributed by atoms with Crippen molar-refractivity contribution in [3.63, 3.8) is 0 Å². The lowest BCUT2D eigenvalue weighted by atomic mass is 9.97. The zero-order valence-corrected chi connectivity index (χ0v) is 17.8. The highest BCUT2D eigenvalue weighted by Gasteiger charge is 2.29. The van der Waals surface area contributed by atoms with Crippen LogP contribution in [0.1, 0.15) is 65.7 Å². The predicted molar refractivity (Wildman–Crippen MR) is 114 cm³/mol. The molecule has 1 aliphatic heterocycles. The number of hydrogen-bond acceptors (Lipinski definition) is 5. The SMILES string of the molecule is O=C(Nc1cccc(Cl)c1)c1nnc([C@@H]2CCCN(C(=O)CC3CCCC3)C2)s1. The van der Waals surface area contributed by atoms with Crippen LogP contribution >= 0.6 is 22.9 Å². The van der Waals surface area contributed by atoms with E-state index in [0.717, 1.165) is 24.4 Å². The summed E-state index contributed by atoms with van der Waals surface area (Å²) < 4.78 is 0. The molecule has 1 saturated carbocycles. The second kappa shape index (κ2) is 9.22. The van der Waals surface area contributed by atoms with E-state index in [1.54, 1.807) is 24.3 Å². The van der Waals surface area contributed by atoms with E-state index in [1.807, 2.05) is 4.90 Å². The molecule has 0 unspecified atom stereocenters. The third kappa shape index (κ3) is 5.14. The number of likely N-dealkylation sites (tertiary alicyclic amines) is 1. The number of amides is 2. The summed E-state index contributed by atoms with van der Waals surface area (Å²) in [5, 5.41) is 12.9. The van der Waals surface area contributed by atoms with Gasteiger partial charge in [-0.2, -0.15) is 0 Å². The lowest BCUT2D eigenvalue weighted by Crippen LogP contribution is -2.39. The Morgan fingerprint density at radius 2 is 2.00 bits per heavy atom. The first kappa shape index (κ1) is 20.3. The molecule has 1 saturated heterocycles. The topological polar surface area (TPSA) is 75.2 Å². The molecule has 1 N–H and O–H groups in total. The Hall–Kier alpha value is -1.99. The average Bonchev–Trinajstić information content (AvgIpc) is 3.40. The fraction of sp³-hybridized carbons (Fsp3) is 0.524. The number of rotatable bonds is 5. The van der Waals surface area contributed by atoms with E-state index in [4.69, 9.17) is 11.6 Å². The summed E-state index contributed by atoms with van der Waals surface area (Å²) in [7, 11) is 0. The van der Waals surface area contributed by atoms with Gasteiger partial charge in [-0.3, -0.25) is 9.59 Å². The maximum absolute atomic E-state index is 12.7. The van der Waals surface area contributed by atoms with Crippen molar-refractivity contribution >= 4 is 40.4 Å². The van der Waals surface area contributed by atoms with Gasteiger partial charge in [0.2, 0.25) is 10.9 Å². The molecule has 154 valence electrons. The van der Waals surface area contributed by atoms with Crippen LogP contribution in [0.15, 0.2) is 24.3 Å². The maximum Gasteiger partial charge on any atom is 0.286 e. The number of carbonyl (C=O) groups excluding carboxylic acids is 2. The molecule has 0 spiro atoms. The molecule has 2 heterocycles. The molecule has 1 aromatic heterocycles. The predicted octanol–water partition coefficient (Wildman–Crippen LogP) is 4.73. The summed E-state index contributed by atoms with van der Waals surface area (Å²) in [6.45, 7) is 1.50. The summed E-state index contributed by atoms with van der Waals surface area (Å²) >= 11 is 7.28. The van der Waals surface area contributed by atoms with E-state index in [0.29, 0.717) is 34.6 Å². The van der Waals surface area contributed by atoms with Crippen molar-refractivity contribution in [2.24, 2.45) is 5.92 Å². The van der Waals surface area contributed by atoms with Gasteiger partial charge in [-0.25, -0.2) is 0 Å². The first-order valence-corrected chi connectivity index (χ1v) is 11.5. The van der Waals surface area contributed by atoms with E-state index >= 15 is 0 Å². The van der Waals surface area contributed by atoms with Gasteiger partial charge in [-0.15, -0.1) is 10.2 Å². The molecule has 1 atom stereocenters. The van der Waals surface area contributed by atoms with Gasteiger partial charge in [0.05, 0.1) is 0 Å². The van der Waals surface area contributed by atoms with Crippen LogP contribution in [0.2, 0.25) is 5.02 Å². The Balaban J connectivity index is 1.36. The molecule has 8 heteroatoms. The van der Waals surface area contributed by atoms with Crippen molar-refractivity contribution in [3.05, 3.63) is 39.3 Å². The lowest BCUT2D eigenvalue weighted by Gasteiger charge is -2.32. The Morgan fingerprint density at radius 1 is 1.17 bits per heavy atom. The zero-order valence-electron chi connectivity index (χ0n) is 16.3. The largest absolute Gasteiger partial charge is 0.342 e. The molecule has 0 radical (unpaired) electrons. The molecule has 2 aliphatic rings. The fourth-order valence-electron chi connectivity index (χ4n) is 4.24. The average molecular weight is 433 g/mol. The van der Waals surface area contributed by atoms with Gasteiger partial charge in [0.25, 0.3) is 5.91 Å². The van der Waals surface area contributed by atoms with Crippen molar-refractivity contribution in [2.45, 2.75) is 50.9 Å². The highest BCUT2D eigenvalue weighted by atomic mass is 35.5. The fourth-order valence-corrected chi connectivity index (χ4v) is 5.29. The molecule has 4 rings (SSSR count). The number of hydrogen-bond donors (Lipinski definition) is 1. The van der Waals surface area contributed by atoms with E-state index in [2.05, 4.69) is 15.5 Å². The van der Waals surface area contributed by atoms with Crippen LogP contribution < -0.4 is 5.32 Å². The van der Waals surface area contributed by atoms with Crippen LogP contribution in [0.25, 0.3) is 0 Å². The number of piperidine rings is 1. The highest BCUT2D eigenvalue weighted by molar-refractivity contribution is 7.13. The van der Waals surface area contributed by atoms with Crippen molar-refractivity contribution in [1.82, 2.24) is 15.1 Å². The van der Waals surface area contributed by atoms with Crippen LogP contribution in [0.3, 0.4) is 0 Å². The molecule has 6 nitrogen and oxygen atoms in total. The van der Waals surface area contributed by atoms with Crippen LogP contribution in [-0.2, 0) is 4.79 Å². The summed E-state index contributed by atoms with van der Waals surface area (Å²) in [4.78, 5) is 27.2. The standard InChI is InChI=1S/C21H25ClN4O2S/c22-16-8-3-9-17(12-16)23-19(28)21-25-24-20(29-21)15-7-4-10-26(13-15)18(27)11-14-5-1-2-6-14/h3,8-9,12,14-15H,1-2,4-7,10-11,13H2,(H,23,28)/t15-/m1/s1. The summed E-state index contributed by atoms with van der Waals surface area (Å²) in [6.07, 6.45) is 7.49. The molecule has 2 fully saturated rings. The van der Waals surface area contributed by atoms with Gasteiger partial charge in [-0.05, 0) is 49.8 Å². The normalized spacial score (nSPS) is 20.0. The van der Waals surface area contributed by atoms with Crippen molar-refractivity contribution in [3.8, 4) is 0 Å². The number of benzene rings is 1. The summed E-state index contributed by atoms with van der Waals surface area (Å²) in [6, 6.07) is 7.00. The Kier molecular flexibility index (Phi) is 6.45. The molecular weight excluding hydrogens is 408 g/mol. The van der Waals surface area contributed by atoms with Gasteiger partial charge in [-0.1, -0.05) is 41.8 Å². The van der Waals surface area contributed by atoms with Gasteiger partial charge in [0, 0.05) is 36.1 Å². The Morgan fingerprint density at radius 3 is 2.79 bits per heavy atom. The van der Waals surface area contributed by atoms with Crippen LogP contribution in [-0.4, -0.2) is 40.0 Å². The van der Waals surface area contributed by atoms with E-state index in [9.17, 15) is 9.59 Å². The minimum atomic E-state index is -0.291. The summed E-state index contributed by atoms with van der Waals surface area (Å²) in [5.74, 6) is 0.693. The zero-order chi connectivity index (χ0) is 20.2. The van der Waals surface area contributed by atoms with Gasteiger partial charge < -0.3 is 10.2 Å². The number of anilines is 1. The number of nitrogens with zero attached hydrogens (tertiary/aromatic N) is 3. The highest BCUT2D eigenvalue weighted by Crippen LogP contribution is 2.32. The molecule has 29 heavy (non-hydrogen) atoms. The third-order valence-corrected chi connectivity index (χ3v) is 7.10. The molecule has 0 bridgehead atoms. The Bertz CT molecular complexity index is 881. The smallest absolute Gasteiger partial charge is 0.286 e. The van der Waals surface area contributed by atoms with Crippen LogP contribution in [0.4, 0.5) is 5.69 Å². The minimum absolute atomic E-state index is 0.154. The second-order valence-electron chi connectivity index (χ2n) is 7.94. The first-order chi connectivity index (χ1) is 14.1. The molecule has 2 amide bonds. The van der Waals surface area contributed by atoms with Crippen molar-refractivity contribution in [2.75, 3.05) is 18.4 Å². The molecular formula is C21H25ClN4O2S. The number of halogens is 1. The first-order valence-electron chi connectivity index (χ1n) is 10.3. The monoisotopic (exact) mass is 432 g/mol. The minimum Gasteiger partial charge on any atom is -0.342 e. The van der Waals surface area contributed by atoms with Crippen LogP contribution in [0, 0.1) is 5.92 Å². The number of aromatic nitrogens is 2. The quantitative estimate of drug-likeness (QED) is 0.741. The van der Waals surface area contributed by atoms with Crippen molar-refractivity contribution in [1.29, 1.82) is 0 Å². The van der Waals surface area contributed by atoms with E-state index in [-0.39, 0.29) is 17.7 Å². The number of carbonyl (C=O) groups is 2. The number of nitrogens with one attached hydrogen (secondary N) is 1. The molecule has 1 aliphatic carbocycles. The van der Waals surface area contributed by atoms with E-state index < -0.39 is 0 Å². The van der Waals surface area contributed by atoms with Gasteiger partial charge in [0.1, 0.15) is 5.01 Å². The maximum atomic E-state index is 12.7. The second-order valence-corrected chi connectivity index (χ2v) is 9.39. The van der Waals surface area contributed by atoms with Gasteiger partial charge in [0.15, 0.2) is 0 Å². The molecule has 2 aromatic rings. The lowest BCUT2D eigenvalue weighted by molar-refractivity contribution is -0.133. The summed E-state index contributed by atoms with van der Waals surface area (Å²) in [5.41, 5.74) is 0.626. The third-order valence-electron chi connectivity index (χ3n) is 5.78.